The number of amides is 1. The largest absolute Gasteiger partial charge is 0.477 e. The van der Waals surface area contributed by atoms with Crippen molar-refractivity contribution >= 4 is 5.91 Å². The number of pyridine rings is 1. The van der Waals surface area contributed by atoms with Gasteiger partial charge < -0.3 is 4.74 Å². The van der Waals surface area contributed by atoms with Crippen LogP contribution in [0.5, 0.6) is 5.88 Å². The maximum absolute atomic E-state index is 13.0. The molecular weight excluding hydrogens is 370 g/mol. The predicted molar refractivity (Wildman–Crippen MR) is 102 cm³/mol. The van der Waals surface area contributed by atoms with E-state index < -0.39 is 0 Å². The summed E-state index contributed by atoms with van der Waals surface area (Å²) in [6.45, 7) is 1.09. The Bertz CT molecular complexity index is 860. The monoisotopic (exact) mass is 393 g/mol. The summed E-state index contributed by atoms with van der Waals surface area (Å²) in [4.78, 5) is 31.2. The first-order valence-electron chi connectivity index (χ1n) is 9.95. The van der Waals surface area contributed by atoms with Gasteiger partial charge in [0.1, 0.15) is 12.1 Å². The van der Waals surface area contributed by atoms with Gasteiger partial charge in [-0.05, 0) is 37.7 Å². The number of carbonyl (C=O) groups excluding carboxylic acids is 1. The molecule has 29 heavy (non-hydrogen) atoms. The van der Waals surface area contributed by atoms with E-state index in [1.54, 1.807) is 30.7 Å². The molecule has 2 aromatic rings. The highest BCUT2D eigenvalue weighted by molar-refractivity contribution is 5.78. The van der Waals surface area contributed by atoms with Crippen molar-refractivity contribution in [1.29, 1.82) is 5.26 Å². The number of nitriles is 1. The van der Waals surface area contributed by atoms with Crippen molar-refractivity contribution in [2.45, 2.75) is 38.1 Å². The molecule has 8 nitrogen and oxygen atoms in total. The third-order valence-electron chi connectivity index (χ3n) is 5.57. The first-order valence-corrected chi connectivity index (χ1v) is 9.95. The molecule has 0 spiro atoms. The number of nitrogens with zero attached hydrogens (tertiary/aromatic N) is 5. The van der Waals surface area contributed by atoms with Crippen LogP contribution in [0.15, 0.2) is 36.9 Å². The SMILES string of the molecule is N#Cc1ccc(OC[C@H]2CC[C@H](C(=O)N3OCC[C@H]3c3cnccn3)CC2)nc1. The van der Waals surface area contributed by atoms with Crippen molar-refractivity contribution < 1.29 is 14.4 Å². The Morgan fingerprint density at radius 2 is 2.03 bits per heavy atom. The molecule has 0 unspecified atom stereocenters. The molecule has 2 fully saturated rings. The van der Waals surface area contributed by atoms with Crippen LogP contribution < -0.4 is 4.74 Å². The van der Waals surface area contributed by atoms with Gasteiger partial charge >= 0.3 is 0 Å². The van der Waals surface area contributed by atoms with Crippen LogP contribution in [-0.2, 0) is 9.63 Å². The fourth-order valence-corrected chi connectivity index (χ4v) is 3.93. The molecule has 1 amide bonds. The van der Waals surface area contributed by atoms with Gasteiger partial charge in [0.05, 0.1) is 30.7 Å². The maximum Gasteiger partial charge on any atom is 0.249 e. The second kappa shape index (κ2) is 8.97. The Hall–Kier alpha value is -3.05. The summed E-state index contributed by atoms with van der Waals surface area (Å²) in [5, 5.41) is 10.3. The summed E-state index contributed by atoms with van der Waals surface area (Å²) in [6, 6.07) is 5.30. The van der Waals surface area contributed by atoms with Gasteiger partial charge in [-0.2, -0.15) is 5.26 Å². The fraction of sp³-hybridized carbons (Fsp3) is 0.476. The molecular formula is C21H23N5O3. The van der Waals surface area contributed by atoms with E-state index in [4.69, 9.17) is 14.8 Å². The molecule has 8 heteroatoms. The Morgan fingerprint density at radius 3 is 2.72 bits per heavy atom. The highest BCUT2D eigenvalue weighted by Gasteiger charge is 2.38. The standard InChI is InChI=1S/C21H23N5O3/c22-11-16-3-6-20(25-12-16)28-14-15-1-4-17(5-2-15)21(27)26-19(7-10-29-26)18-13-23-8-9-24-18/h3,6,8-9,12-13,15,17,19H,1-2,4-5,7,10,14H2/t15-,17-,19-/m0/s1. The summed E-state index contributed by atoms with van der Waals surface area (Å²) in [7, 11) is 0. The van der Waals surface area contributed by atoms with E-state index in [1.807, 2.05) is 6.07 Å². The van der Waals surface area contributed by atoms with Crippen LogP contribution in [0.1, 0.15) is 49.4 Å². The third-order valence-corrected chi connectivity index (χ3v) is 5.57. The van der Waals surface area contributed by atoms with Crippen LogP contribution >= 0.6 is 0 Å². The highest BCUT2D eigenvalue weighted by Crippen LogP contribution is 2.35. The van der Waals surface area contributed by atoms with Gasteiger partial charge in [-0.1, -0.05) is 0 Å². The van der Waals surface area contributed by atoms with Crippen molar-refractivity contribution in [1.82, 2.24) is 20.0 Å². The van der Waals surface area contributed by atoms with Crippen molar-refractivity contribution in [2.24, 2.45) is 11.8 Å². The second-order valence-corrected chi connectivity index (χ2v) is 7.46. The van der Waals surface area contributed by atoms with Gasteiger partial charge in [0.15, 0.2) is 0 Å². The summed E-state index contributed by atoms with van der Waals surface area (Å²) >= 11 is 0. The minimum Gasteiger partial charge on any atom is -0.477 e. The molecule has 150 valence electrons. The van der Waals surface area contributed by atoms with Gasteiger partial charge in [0.2, 0.25) is 11.8 Å². The van der Waals surface area contributed by atoms with Gasteiger partial charge in [-0.15, -0.1) is 0 Å². The Morgan fingerprint density at radius 1 is 1.17 bits per heavy atom. The molecule has 0 aromatic carbocycles. The van der Waals surface area contributed by atoms with Crippen molar-refractivity contribution in [3.05, 3.63) is 48.2 Å². The second-order valence-electron chi connectivity index (χ2n) is 7.46. The van der Waals surface area contributed by atoms with Crippen LogP contribution in [0.25, 0.3) is 0 Å². The maximum atomic E-state index is 13.0. The van der Waals surface area contributed by atoms with Crippen LogP contribution in [-0.4, -0.2) is 39.1 Å². The molecule has 2 aromatic heterocycles. The molecule has 1 atom stereocenters. The van der Waals surface area contributed by atoms with E-state index in [0.717, 1.165) is 37.8 Å². The van der Waals surface area contributed by atoms with E-state index in [0.29, 0.717) is 30.6 Å². The smallest absolute Gasteiger partial charge is 0.249 e. The number of hydroxylamine groups is 2. The molecule has 2 aliphatic rings. The minimum absolute atomic E-state index is 0.0310. The number of ether oxygens (including phenoxy) is 1. The molecule has 0 N–H and O–H groups in total. The molecule has 0 radical (unpaired) electrons. The molecule has 3 heterocycles. The zero-order valence-corrected chi connectivity index (χ0v) is 16.1. The number of hydrogen-bond donors (Lipinski definition) is 0. The van der Waals surface area contributed by atoms with Crippen LogP contribution in [0.4, 0.5) is 0 Å². The van der Waals surface area contributed by atoms with E-state index in [-0.39, 0.29) is 17.9 Å². The zero-order valence-electron chi connectivity index (χ0n) is 16.1. The fourth-order valence-electron chi connectivity index (χ4n) is 3.93. The molecule has 1 saturated carbocycles. The van der Waals surface area contributed by atoms with Crippen molar-refractivity contribution in [2.75, 3.05) is 13.2 Å². The normalized spacial score (nSPS) is 24.1. The van der Waals surface area contributed by atoms with Crippen LogP contribution in [0, 0.1) is 23.2 Å². The van der Waals surface area contributed by atoms with Crippen LogP contribution in [0.2, 0.25) is 0 Å². The quantitative estimate of drug-likeness (QED) is 0.770. The molecule has 1 aliphatic carbocycles. The summed E-state index contributed by atoms with van der Waals surface area (Å²) in [6.07, 6.45) is 10.7. The summed E-state index contributed by atoms with van der Waals surface area (Å²) in [5.41, 5.74) is 1.29. The lowest BCUT2D eigenvalue weighted by atomic mass is 9.81. The Kier molecular flexibility index (Phi) is 5.96. The van der Waals surface area contributed by atoms with Crippen molar-refractivity contribution in [3.8, 4) is 11.9 Å². The zero-order chi connectivity index (χ0) is 20.1. The summed E-state index contributed by atoms with van der Waals surface area (Å²) < 4.78 is 5.76. The number of carbonyl (C=O) groups is 1. The van der Waals surface area contributed by atoms with Gasteiger partial charge in [0, 0.05) is 37.0 Å². The number of aromatic nitrogens is 3. The Labute approximate surface area is 169 Å². The summed E-state index contributed by atoms with van der Waals surface area (Å²) in [5.74, 6) is 0.939. The molecule has 1 saturated heterocycles. The lowest BCUT2D eigenvalue weighted by Gasteiger charge is -2.31. The van der Waals surface area contributed by atoms with Crippen molar-refractivity contribution in [3.63, 3.8) is 0 Å². The number of hydrogen-bond acceptors (Lipinski definition) is 7. The average Bonchev–Trinajstić information content (AvgIpc) is 3.28. The van der Waals surface area contributed by atoms with E-state index >= 15 is 0 Å². The Balaban J connectivity index is 1.27. The minimum atomic E-state index is -0.153. The van der Waals surface area contributed by atoms with E-state index in [9.17, 15) is 4.79 Å². The van der Waals surface area contributed by atoms with Gasteiger partial charge in [0.25, 0.3) is 0 Å². The predicted octanol–water partition coefficient (Wildman–Crippen LogP) is 2.83. The van der Waals surface area contributed by atoms with Crippen LogP contribution in [0.3, 0.4) is 0 Å². The van der Waals surface area contributed by atoms with E-state index in [1.165, 1.54) is 11.3 Å². The average molecular weight is 393 g/mol. The number of rotatable bonds is 5. The van der Waals surface area contributed by atoms with Gasteiger partial charge in [-0.3, -0.25) is 19.6 Å². The highest BCUT2D eigenvalue weighted by atomic mass is 16.7. The van der Waals surface area contributed by atoms with E-state index in [2.05, 4.69) is 15.0 Å². The molecule has 1 aliphatic heterocycles. The lowest BCUT2D eigenvalue weighted by Crippen LogP contribution is -2.37. The lowest BCUT2D eigenvalue weighted by molar-refractivity contribution is -0.183. The third kappa shape index (κ3) is 4.51. The topological polar surface area (TPSA) is 101 Å². The van der Waals surface area contributed by atoms with Gasteiger partial charge in [-0.25, -0.2) is 10.0 Å². The molecule has 4 rings (SSSR count). The first kappa shape index (κ1) is 19.3. The first-order chi connectivity index (χ1) is 14.2. The molecule has 0 bridgehead atoms.